The quantitative estimate of drug-likeness (QED) is 0.617. The SMILES string of the molecule is COc1ccc(/C=C\C(=O)c2cccc(C#N)c2)cc1Br. The third-order valence-electron chi connectivity index (χ3n) is 2.88. The maximum absolute atomic E-state index is 12.1. The van der Waals surface area contributed by atoms with E-state index in [1.54, 1.807) is 37.5 Å². The number of ether oxygens (including phenoxy) is 1. The van der Waals surface area contributed by atoms with E-state index in [2.05, 4.69) is 15.9 Å². The smallest absolute Gasteiger partial charge is 0.185 e. The van der Waals surface area contributed by atoms with Crippen LogP contribution in [-0.4, -0.2) is 12.9 Å². The highest BCUT2D eigenvalue weighted by Gasteiger charge is 2.03. The molecule has 0 aromatic heterocycles. The molecule has 0 saturated carbocycles. The van der Waals surface area contributed by atoms with E-state index < -0.39 is 0 Å². The van der Waals surface area contributed by atoms with E-state index >= 15 is 0 Å². The lowest BCUT2D eigenvalue weighted by molar-refractivity contribution is 0.104. The lowest BCUT2D eigenvalue weighted by atomic mass is 10.1. The average molecular weight is 342 g/mol. The van der Waals surface area contributed by atoms with Gasteiger partial charge in [-0.25, -0.2) is 0 Å². The molecule has 4 heteroatoms. The minimum Gasteiger partial charge on any atom is -0.496 e. The molecule has 0 aliphatic rings. The number of hydrogen-bond donors (Lipinski definition) is 0. The number of rotatable bonds is 4. The summed E-state index contributed by atoms with van der Waals surface area (Å²) in [6, 6.07) is 14.2. The predicted molar refractivity (Wildman–Crippen MR) is 85.2 cm³/mol. The molecule has 0 saturated heterocycles. The first kappa shape index (κ1) is 15.0. The van der Waals surface area contributed by atoms with Crippen molar-refractivity contribution >= 4 is 27.8 Å². The van der Waals surface area contributed by atoms with Crippen molar-refractivity contribution in [2.75, 3.05) is 7.11 Å². The summed E-state index contributed by atoms with van der Waals surface area (Å²) < 4.78 is 5.98. The zero-order valence-corrected chi connectivity index (χ0v) is 12.9. The Labute approximate surface area is 131 Å². The van der Waals surface area contributed by atoms with Gasteiger partial charge >= 0.3 is 0 Å². The molecule has 0 aliphatic heterocycles. The molecule has 0 radical (unpaired) electrons. The molecule has 0 aliphatic carbocycles. The van der Waals surface area contributed by atoms with E-state index in [0.29, 0.717) is 11.1 Å². The normalized spacial score (nSPS) is 10.3. The fraction of sp³-hybridized carbons (Fsp3) is 0.0588. The van der Waals surface area contributed by atoms with Crippen LogP contribution in [0.15, 0.2) is 53.0 Å². The first-order chi connectivity index (χ1) is 10.1. The van der Waals surface area contributed by atoms with Gasteiger partial charge in [0.1, 0.15) is 5.75 Å². The van der Waals surface area contributed by atoms with Gasteiger partial charge in [-0.05, 0) is 51.8 Å². The van der Waals surface area contributed by atoms with Crippen molar-refractivity contribution in [2.45, 2.75) is 0 Å². The monoisotopic (exact) mass is 341 g/mol. The second-order valence-corrected chi connectivity index (χ2v) is 5.14. The second kappa shape index (κ2) is 6.87. The highest BCUT2D eigenvalue weighted by molar-refractivity contribution is 9.10. The van der Waals surface area contributed by atoms with Crippen LogP contribution >= 0.6 is 15.9 Å². The summed E-state index contributed by atoms with van der Waals surface area (Å²) in [5, 5.41) is 8.84. The molecule has 0 atom stereocenters. The van der Waals surface area contributed by atoms with E-state index in [1.807, 2.05) is 24.3 Å². The number of carbonyl (C=O) groups is 1. The van der Waals surface area contributed by atoms with Gasteiger partial charge < -0.3 is 4.74 Å². The molecule has 21 heavy (non-hydrogen) atoms. The fourth-order valence-corrected chi connectivity index (χ4v) is 2.35. The number of nitrogens with zero attached hydrogens (tertiary/aromatic N) is 1. The minimum atomic E-state index is -0.140. The van der Waals surface area contributed by atoms with Gasteiger partial charge in [-0.3, -0.25) is 4.79 Å². The molecular weight excluding hydrogens is 330 g/mol. The van der Waals surface area contributed by atoms with Crippen molar-refractivity contribution in [3.8, 4) is 11.8 Å². The lowest BCUT2D eigenvalue weighted by Crippen LogP contribution is -1.94. The molecule has 2 aromatic carbocycles. The number of allylic oxidation sites excluding steroid dienone is 1. The third-order valence-corrected chi connectivity index (χ3v) is 3.50. The van der Waals surface area contributed by atoms with Crippen LogP contribution in [0.1, 0.15) is 21.5 Å². The summed E-state index contributed by atoms with van der Waals surface area (Å²) in [6.45, 7) is 0. The van der Waals surface area contributed by atoms with Gasteiger partial charge in [-0.15, -0.1) is 0 Å². The standard InChI is InChI=1S/C17H12BrNO2/c1-21-17-8-6-12(10-15(17)18)5-7-16(20)14-4-2-3-13(9-14)11-19/h2-10H,1H3/b7-5-. The summed E-state index contributed by atoms with van der Waals surface area (Å²) >= 11 is 3.40. The maximum Gasteiger partial charge on any atom is 0.185 e. The van der Waals surface area contributed by atoms with Crippen molar-refractivity contribution in [2.24, 2.45) is 0 Å². The van der Waals surface area contributed by atoms with Gasteiger partial charge in [0.2, 0.25) is 0 Å². The summed E-state index contributed by atoms with van der Waals surface area (Å²) in [7, 11) is 1.60. The zero-order chi connectivity index (χ0) is 15.2. The van der Waals surface area contributed by atoms with Gasteiger partial charge in [-0.1, -0.05) is 24.3 Å². The van der Waals surface area contributed by atoms with Crippen LogP contribution in [0.5, 0.6) is 5.75 Å². The van der Waals surface area contributed by atoms with Crippen LogP contribution in [0.4, 0.5) is 0 Å². The Kier molecular flexibility index (Phi) is 4.91. The largest absolute Gasteiger partial charge is 0.496 e. The van der Waals surface area contributed by atoms with Crippen molar-refractivity contribution < 1.29 is 9.53 Å². The molecule has 2 aromatic rings. The fourth-order valence-electron chi connectivity index (χ4n) is 1.80. The number of nitriles is 1. The van der Waals surface area contributed by atoms with Gasteiger partial charge in [0, 0.05) is 5.56 Å². The van der Waals surface area contributed by atoms with Gasteiger partial charge in [0.15, 0.2) is 5.78 Å². The predicted octanol–water partition coefficient (Wildman–Crippen LogP) is 4.23. The summed E-state index contributed by atoms with van der Waals surface area (Å²) in [6.07, 6.45) is 3.22. The molecular formula is C17H12BrNO2. The number of benzene rings is 2. The molecule has 0 amide bonds. The first-order valence-electron chi connectivity index (χ1n) is 6.20. The van der Waals surface area contributed by atoms with Crippen molar-refractivity contribution in [3.05, 3.63) is 69.7 Å². The highest BCUT2D eigenvalue weighted by Crippen LogP contribution is 2.26. The number of hydrogen-bond acceptors (Lipinski definition) is 3. The Balaban J connectivity index is 2.19. The number of methoxy groups -OCH3 is 1. The van der Waals surface area contributed by atoms with Gasteiger partial charge in [0.25, 0.3) is 0 Å². The molecule has 0 bridgehead atoms. The molecule has 0 fully saturated rings. The van der Waals surface area contributed by atoms with E-state index in [-0.39, 0.29) is 5.78 Å². The molecule has 0 heterocycles. The first-order valence-corrected chi connectivity index (χ1v) is 6.99. The van der Waals surface area contributed by atoms with Crippen LogP contribution in [0.2, 0.25) is 0 Å². The average Bonchev–Trinajstić information content (AvgIpc) is 2.52. The van der Waals surface area contributed by atoms with Crippen molar-refractivity contribution in [3.63, 3.8) is 0 Å². The topological polar surface area (TPSA) is 50.1 Å². The highest BCUT2D eigenvalue weighted by atomic mass is 79.9. The summed E-state index contributed by atoms with van der Waals surface area (Å²) in [5.41, 5.74) is 1.85. The molecule has 2 rings (SSSR count). The zero-order valence-electron chi connectivity index (χ0n) is 11.3. The number of carbonyl (C=O) groups excluding carboxylic acids is 1. The molecule has 0 N–H and O–H groups in total. The molecule has 104 valence electrons. The minimum absolute atomic E-state index is 0.140. The second-order valence-electron chi connectivity index (χ2n) is 4.28. The van der Waals surface area contributed by atoms with Crippen LogP contribution in [0, 0.1) is 11.3 Å². The van der Waals surface area contributed by atoms with E-state index in [0.717, 1.165) is 15.8 Å². The van der Waals surface area contributed by atoms with Crippen molar-refractivity contribution in [1.82, 2.24) is 0 Å². The summed E-state index contributed by atoms with van der Waals surface area (Å²) in [5.74, 6) is 0.597. The Morgan fingerprint density at radius 3 is 2.76 bits per heavy atom. The van der Waals surface area contributed by atoms with Crippen LogP contribution in [0.25, 0.3) is 6.08 Å². The van der Waals surface area contributed by atoms with E-state index in [1.165, 1.54) is 6.08 Å². The Hall–Kier alpha value is -2.38. The Morgan fingerprint density at radius 1 is 1.29 bits per heavy atom. The van der Waals surface area contributed by atoms with Gasteiger partial charge in [-0.2, -0.15) is 5.26 Å². The third kappa shape index (κ3) is 3.80. The maximum atomic E-state index is 12.1. The Morgan fingerprint density at radius 2 is 2.10 bits per heavy atom. The van der Waals surface area contributed by atoms with Crippen molar-refractivity contribution in [1.29, 1.82) is 5.26 Å². The van der Waals surface area contributed by atoms with E-state index in [4.69, 9.17) is 10.00 Å². The number of ketones is 1. The van der Waals surface area contributed by atoms with Crippen LogP contribution in [-0.2, 0) is 0 Å². The Bertz CT molecular complexity index is 745. The van der Waals surface area contributed by atoms with E-state index in [9.17, 15) is 4.79 Å². The molecule has 0 spiro atoms. The molecule has 3 nitrogen and oxygen atoms in total. The lowest BCUT2D eigenvalue weighted by Gasteiger charge is -2.03. The van der Waals surface area contributed by atoms with Gasteiger partial charge in [0.05, 0.1) is 23.2 Å². The summed E-state index contributed by atoms with van der Waals surface area (Å²) in [4.78, 5) is 12.1. The number of halogens is 1. The van der Waals surface area contributed by atoms with Crippen LogP contribution in [0.3, 0.4) is 0 Å². The van der Waals surface area contributed by atoms with Crippen LogP contribution < -0.4 is 4.74 Å². The molecule has 0 unspecified atom stereocenters.